The van der Waals surface area contributed by atoms with E-state index in [1.54, 1.807) is 36.7 Å². The summed E-state index contributed by atoms with van der Waals surface area (Å²) in [5, 5.41) is 5.07. The van der Waals surface area contributed by atoms with Crippen LogP contribution in [0.4, 0.5) is 24.7 Å². The number of nitrogens with one attached hydrogen (secondary N) is 1. The first-order valence-electron chi connectivity index (χ1n) is 10.7. The van der Waals surface area contributed by atoms with Crippen molar-refractivity contribution in [3.05, 3.63) is 109 Å². The molecule has 188 valence electrons. The maximum absolute atomic E-state index is 12.7. The van der Waals surface area contributed by atoms with Gasteiger partial charge in [-0.15, -0.1) is 0 Å². The second-order valence-corrected chi connectivity index (χ2v) is 9.14. The molecule has 0 atom stereocenters. The first kappa shape index (κ1) is 25.7. The number of halogens is 3. The van der Waals surface area contributed by atoms with Crippen molar-refractivity contribution in [2.75, 3.05) is 5.32 Å². The van der Waals surface area contributed by atoms with Crippen molar-refractivity contribution in [3.8, 4) is 11.3 Å². The molecule has 0 unspecified atom stereocenters. The second-order valence-electron chi connectivity index (χ2n) is 7.71. The van der Waals surface area contributed by atoms with Crippen molar-refractivity contribution in [1.29, 1.82) is 0 Å². The maximum atomic E-state index is 12.7. The van der Waals surface area contributed by atoms with E-state index in [1.165, 1.54) is 30.6 Å². The van der Waals surface area contributed by atoms with Crippen molar-refractivity contribution < 1.29 is 26.1 Å². The van der Waals surface area contributed by atoms with Crippen LogP contribution in [-0.4, -0.2) is 27.9 Å². The van der Waals surface area contributed by atoms with E-state index in [2.05, 4.69) is 20.3 Å². The molecule has 0 spiro atoms. The molecule has 2 aromatic heterocycles. The van der Waals surface area contributed by atoms with E-state index in [0.29, 0.717) is 17.2 Å². The smallest absolute Gasteiger partial charge is 0.340 e. The summed E-state index contributed by atoms with van der Waals surface area (Å²) in [4.78, 5) is 12.5. The second kappa shape index (κ2) is 10.7. The van der Waals surface area contributed by atoms with E-state index in [1.807, 2.05) is 24.3 Å². The summed E-state index contributed by atoms with van der Waals surface area (Å²) in [6, 6.07) is 21.8. The number of pyridine rings is 1. The molecule has 0 saturated heterocycles. The van der Waals surface area contributed by atoms with Gasteiger partial charge < -0.3 is 5.32 Å². The fourth-order valence-corrected chi connectivity index (χ4v) is 3.81. The van der Waals surface area contributed by atoms with Gasteiger partial charge in [-0.05, 0) is 53.9 Å². The molecule has 2 N–H and O–H groups in total. The van der Waals surface area contributed by atoms with Gasteiger partial charge in [-0.3, -0.25) is 9.54 Å². The quantitative estimate of drug-likeness (QED) is 0.263. The summed E-state index contributed by atoms with van der Waals surface area (Å²) in [7, 11) is -4.00. The summed E-state index contributed by atoms with van der Waals surface area (Å²) in [5.41, 5.74) is 1.41. The Morgan fingerprint density at radius 3 is 2.19 bits per heavy atom. The fraction of sp³-hybridized carbons (Fsp3) is 0.0385. The zero-order valence-corrected chi connectivity index (χ0v) is 19.8. The summed E-state index contributed by atoms with van der Waals surface area (Å²) in [6.07, 6.45) is 0.570. The molecule has 7 nitrogen and oxygen atoms in total. The topological polar surface area (TPSA) is 105 Å². The predicted molar refractivity (Wildman–Crippen MR) is 134 cm³/mol. The van der Waals surface area contributed by atoms with Gasteiger partial charge in [0.2, 0.25) is 0 Å². The van der Waals surface area contributed by atoms with Crippen molar-refractivity contribution in [3.63, 3.8) is 0 Å². The van der Waals surface area contributed by atoms with Crippen LogP contribution in [0.25, 0.3) is 22.0 Å². The highest BCUT2D eigenvalue weighted by atomic mass is 32.2. The molecule has 0 aliphatic rings. The van der Waals surface area contributed by atoms with Crippen LogP contribution in [0.15, 0.2) is 109 Å². The third-order valence-electron chi connectivity index (χ3n) is 5.13. The number of benzene rings is 3. The number of hydrogen-bond donors (Lipinski definition) is 2. The van der Waals surface area contributed by atoms with Gasteiger partial charge in [0.15, 0.2) is 0 Å². The molecule has 0 saturated carbocycles. The average molecular weight is 525 g/mol. The minimum atomic E-state index is -4.36. The summed E-state index contributed by atoms with van der Waals surface area (Å²) >= 11 is 0. The third kappa shape index (κ3) is 6.87. The number of rotatable bonds is 4. The number of alkyl halides is 3. The van der Waals surface area contributed by atoms with Gasteiger partial charge in [-0.1, -0.05) is 30.3 Å². The SMILES string of the molecule is FC(F)(F)c1ccc(Nc2cc(-c3ccc4ccncc4c3)ncn2)cc1.O=S(=O)(O)c1ccccc1. The Balaban J connectivity index is 0.000000270. The Labute approximate surface area is 210 Å². The molecule has 5 aromatic rings. The van der Waals surface area contributed by atoms with Crippen molar-refractivity contribution in [2.24, 2.45) is 0 Å². The number of hydrogen-bond acceptors (Lipinski definition) is 6. The standard InChI is InChI=1S/C20H13F3N4.C6H6O3S/c21-20(22,23)16-3-5-17(6-4-16)27-19-10-18(25-12-26-19)14-2-1-13-7-8-24-11-15(13)9-14;7-10(8,9)6-4-2-1-3-5-6/h1-12H,(H,25,26,27);1-5H,(H,7,8,9). The molecule has 0 aliphatic heterocycles. The highest BCUT2D eigenvalue weighted by Crippen LogP contribution is 2.30. The first-order valence-corrected chi connectivity index (χ1v) is 12.2. The number of nitrogens with zero attached hydrogens (tertiary/aromatic N) is 3. The van der Waals surface area contributed by atoms with Gasteiger partial charge in [0.25, 0.3) is 10.1 Å². The predicted octanol–water partition coefficient (Wildman–Crippen LogP) is 6.39. The third-order valence-corrected chi connectivity index (χ3v) is 6.00. The van der Waals surface area contributed by atoms with E-state index in [-0.39, 0.29) is 4.90 Å². The lowest BCUT2D eigenvalue weighted by molar-refractivity contribution is -0.137. The molecular weight excluding hydrogens is 505 g/mol. The van der Waals surface area contributed by atoms with Gasteiger partial charge in [0.05, 0.1) is 16.2 Å². The molecule has 37 heavy (non-hydrogen) atoms. The number of fused-ring (bicyclic) bond motifs is 1. The van der Waals surface area contributed by atoms with Gasteiger partial charge in [-0.2, -0.15) is 21.6 Å². The Bertz CT molecular complexity index is 1610. The van der Waals surface area contributed by atoms with Crippen LogP contribution in [0, 0.1) is 0 Å². The van der Waals surface area contributed by atoms with Crippen molar-refractivity contribution >= 4 is 32.4 Å². The number of anilines is 2. The average Bonchev–Trinajstić information content (AvgIpc) is 2.89. The summed E-state index contributed by atoms with van der Waals surface area (Å²) in [5.74, 6) is 0.492. The zero-order chi connectivity index (χ0) is 26.5. The Morgan fingerprint density at radius 1 is 0.811 bits per heavy atom. The molecule has 0 amide bonds. The minimum Gasteiger partial charge on any atom is -0.340 e. The molecule has 0 radical (unpaired) electrons. The van der Waals surface area contributed by atoms with E-state index in [0.717, 1.165) is 28.5 Å². The van der Waals surface area contributed by atoms with E-state index in [4.69, 9.17) is 4.55 Å². The maximum Gasteiger partial charge on any atom is 0.416 e. The van der Waals surface area contributed by atoms with Gasteiger partial charge in [0.1, 0.15) is 12.1 Å². The molecule has 2 heterocycles. The largest absolute Gasteiger partial charge is 0.416 e. The lowest BCUT2D eigenvalue weighted by atomic mass is 10.1. The van der Waals surface area contributed by atoms with E-state index < -0.39 is 21.9 Å². The van der Waals surface area contributed by atoms with Gasteiger partial charge >= 0.3 is 6.18 Å². The highest BCUT2D eigenvalue weighted by Gasteiger charge is 2.29. The first-order chi connectivity index (χ1) is 17.6. The van der Waals surface area contributed by atoms with Crippen molar-refractivity contribution in [2.45, 2.75) is 11.1 Å². The van der Waals surface area contributed by atoms with Crippen molar-refractivity contribution in [1.82, 2.24) is 15.0 Å². The highest BCUT2D eigenvalue weighted by molar-refractivity contribution is 7.85. The molecule has 3 aromatic carbocycles. The number of aromatic nitrogens is 3. The van der Waals surface area contributed by atoms with Crippen LogP contribution in [-0.2, 0) is 16.3 Å². The van der Waals surface area contributed by atoms with Crippen LogP contribution >= 0.6 is 0 Å². The molecule has 0 fully saturated rings. The van der Waals surface area contributed by atoms with E-state index in [9.17, 15) is 21.6 Å². The lowest BCUT2D eigenvalue weighted by Gasteiger charge is -2.10. The minimum absolute atomic E-state index is 0.0741. The molecular formula is C26H19F3N4O3S. The molecule has 0 bridgehead atoms. The Morgan fingerprint density at radius 2 is 1.54 bits per heavy atom. The lowest BCUT2D eigenvalue weighted by Crippen LogP contribution is -2.04. The summed E-state index contributed by atoms with van der Waals surface area (Å²) in [6.45, 7) is 0. The van der Waals surface area contributed by atoms with Crippen LogP contribution in [0.2, 0.25) is 0 Å². The zero-order valence-electron chi connectivity index (χ0n) is 19.0. The Kier molecular flexibility index (Phi) is 7.46. The molecule has 11 heteroatoms. The van der Waals surface area contributed by atoms with Gasteiger partial charge in [-0.25, -0.2) is 9.97 Å². The van der Waals surface area contributed by atoms with Gasteiger partial charge in [0, 0.05) is 35.1 Å². The van der Waals surface area contributed by atoms with Crippen LogP contribution in [0.1, 0.15) is 5.56 Å². The Hall–Kier alpha value is -4.35. The monoisotopic (exact) mass is 524 g/mol. The fourth-order valence-electron chi connectivity index (χ4n) is 3.31. The van der Waals surface area contributed by atoms with E-state index >= 15 is 0 Å². The molecule has 5 rings (SSSR count). The summed E-state index contributed by atoms with van der Waals surface area (Å²) < 4.78 is 67.2. The van der Waals surface area contributed by atoms with Crippen LogP contribution in [0.3, 0.4) is 0 Å². The normalized spacial score (nSPS) is 11.5. The molecule has 0 aliphatic carbocycles. The van der Waals surface area contributed by atoms with Crippen LogP contribution < -0.4 is 5.32 Å². The van der Waals surface area contributed by atoms with Crippen LogP contribution in [0.5, 0.6) is 0 Å².